The molecule has 2 aliphatic heterocycles. The number of thioether (sulfide) groups is 1. The van der Waals surface area contributed by atoms with Crippen LogP contribution in [0.1, 0.15) is 31.4 Å². The van der Waals surface area contributed by atoms with Crippen molar-refractivity contribution in [1.82, 2.24) is 14.3 Å². The molecule has 2 fully saturated rings. The van der Waals surface area contributed by atoms with E-state index in [1.165, 1.54) is 28.3 Å². The number of fused-ring (bicyclic) bond motifs is 1. The molecule has 192 valence electrons. The van der Waals surface area contributed by atoms with Gasteiger partial charge in [0.05, 0.1) is 10.5 Å². The first-order chi connectivity index (χ1) is 17.8. The standard InChI is InChI=1S/C27H28FN5O2S2/c1-4-18(3)33-26(35)22(37-27(33)36)16-21-24(29-23-17(2)6-5-11-32(23)25(21)34)31-14-12-30(13-15-31)20-9-7-19(28)8-10-20/h5-11,16,18H,4,12-15H2,1-3H3/b22-16-/t18-/m1/s1. The van der Waals surface area contributed by atoms with Gasteiger partial charge < -0.3 is 9.80 Å². The van der Waals surface area contributed by atoms with Crippen molar-refractivity contribution >= 4 is 57.4 Å². The number of carbonyl (C=O) groups excluding carboxylic acids is 1. The summed E-state index contributed by atoms with van der Waals surface area (Å²) < 4.78 is 15.4. The van der Waals surface area contributed by atoms with Crippen molar-refractivity contribution < 1.29 is 9.18 Å². The molecule has 3 aromatic rings. The van der Waals surface area contributed by atoms with Crippen LogP contribution in [0.2, 0.25) is 0 Å². The van der Waals surface area contributed by atoms with Gasteiger partial charge in [-0.15, -0.1) is 0 Å². The Morgan fingerprint density at radius 1 is 1.11 bits per heavy atom. The monoisotopic (exact) mass is 537 g/mol. The summed E-state index contributed by atoms with van der Waals surface area (Å²) in [6, 6.07) is 10.2. The number of hydrogen-bond donors (Lipinski definition) is 0. The second kappa shape index (κ2) is 10.3. The summed E-state index contributed by atoms with van der Waals surface area (Å²) in [5.74, 6) is 0.124. The highest BCUT2D eigenvalue weighted by molar-refractivity contribution is 8.26. The molecule has 10 heteroatoms. The zero-order valence-electron chi connectivity index (χ0n) is 21.0. The van der Waals surface area contributed by atoms with Gasteiger partial charge in [-0.25, -0.2) is 9.37 Å². The molecule has 37 heavy (non-hydrogen) atoms. The third-order valence-corrected chi connectivity index (χ3v) is 8.30. The summed E-state index contributed by atoms with van der Waals surface area (Å²) >= 11 is 6.72. The highest BCUT2D eigenvalue weighted by atomic mass is 32.2. The molecule has 7 nitrogen and oxygen atoms in total. The molecule has 5 rings (SSSR count). The van der Waals surface area contributed by atoms with E-state index in [4.69, 9.17) is 17.2 Å². The number of aromatic nitrogens is 2. The third kappa shape index (κ3) is 4.75. The fourth-order valence-corrected chi connectivity index (χ4v) is 6.11. The number of piperazine rings is 1. The number of rotatable bonds is 5. The SMILES string of the molecule is CC[C@@H](C)N1C(=O)/C(=C/c2c(N3CCN(c4ccc(F)cc4)CC3)nc3c(C)cccn3c2=O)SC1=S. The van der Waals surface area contributed by atoms with Crippen LogP contribution < -0.4 is 15.4 Å². The molecule has 0 radical (unpaired) electrons. The van der Waals surface area contributed by atoms with Crippen molar-refractivity contribution in [3.05, 3.63) is 74.8 Å². The Labute approximate surface area is 224 Å². The molecule has 4 heterocycles. The molecule has 2 saturated heterocycles. The minimum absolute atomic E-state index is 0.0177. The summed E-state index contributed by atoms with van der Waals surface area (Å²) in [5.41, 5.74) is 2.59. The van der Waals surface area contributed by atoms with Gasteiger partial charge in [-0.3, -0.25) is 18.9 Å². The van der Waals surface area contributed by atoms with E-state index in [1.807, 2.05) is 32.9 Å². The van der Waals surface area contributed by atoms with E-state index < -0.39 is 0 Å². The molecule has 1 amide bonds. The number of pyridine rings is 1. The minimum atomic E-state index is -0.262. The lowest BCUT2D eigenvalue weighted by Gasteiger charge is -2.37. The highest BCUT2D eigenvalue weighted by Crippen LogP contribution is 2.35. The van der Waals surface area contributed by atoms with E-state index in [2.05, 4.69) is 9.80 Å². The molecular weight excluding hydrogens is 509 g/mol. The maximum atomic E-state index is 13.7. The molecule has 1 aromatic carbocycles. The Bertz CT molecular complexity index is 1460. The van der Waals surface area contributed by atoms with Crippen molar-refractivity contribution in [2.75, 3.05) is 36.0 Å². The molecule has 1 atom stereocenters. The summed E-state index contributed by atoms with van der Waals surface area (Å²) in [7, 11) is 0. The number of thiocarbonyl (C=S) groups is 1. The summed E-state index contributed by atoms with van der Waals surface area (Å²) in [6.45, 7) is 8.54. The van der Waals surface area contributed by atoms with Crippen molar-refractivity contribution in [3.8, 4) is 0 Å². The summed E-state index contributed by atoms with van der Waals surface area (Å²) in [6.07, 6.45) is 4.14. The van der Waals surface area contributed by atoms with Crippen LogP contribution in [-0.2, 0) is 4.79 Å². The lowest BCUT2D eigenvalue weighted by Crippen LogP contribution is -2.47. The van der Waals surface area contributed by atoms with Gasteiger partial charge >= 0.3 is 0 Å². The number of halogens is 1. The zero-order valence-corrected chi connectivity index (χ0v) is 22.6. The average Bonchev–Trinajstić information content (AvgIpc) is 3.18. The predicted octanol–water partition coefficient (Wildman–Crippen LogP) is 4.47. The topological polar surface area (TPSA) is 61.2 Å². The second-order valence-electron chi connectivity index (χ2n) is 9.30. The smallest absolute Gasteiger partial charge is 0.267 e. The van der Waals surface area contributed by atoms with E-state index >= 15 is 0 Å². The normalized spacial score (nSPS) is 18.4. The van der Waals surface area contributed by atoms with E-state index in [9.17, 15) is 14.0 Å². The Balaban J connectivity index is 1.54. The largest absolute Gasteiger partial charge is 0.368 e. The Morgan fingerprint density at radius 2 is 1.78 bits per heavy atom. The van der Waals surface area contributed by atoms with E-state index in [-0.39, 0.29) is 23.3 Å². The van der Waals surface area contributed by atoms with Crippen LogP contribution in [0.5, 0.6) is 0 Å². The molecule has 0 N–H and O–H groups in total. The number of nitrogens with zero attached hydrogens (tertiary/aromatic N) is 5. The Morgan fingerprint density at radius 3 is 2.46 bits per heavy atom. The van der Waals surface area contributed by atoms with Crippen LogP contribution in [0.3, 0.4) is 0 Å². The first-order valence-electron chi connectivity index (χ1n) is 12.3. The molecule has 0 unspecified atom stereocenters. The number of carbonyl (C=O) groups is 1. The highest BCUT2D eigenvalue weighted by Gasteiger charge is 2.35. The van der Waals surface area contributed by atoms with Gasteiger partial charge in [-0.2, -0.15) is 0 Å². The van der Waals surface area contributed by atoms with Gasteiger partial charge in [0.1, 0.15) is 21.6 Å². The van der Waals surface area contributed by atoms with Crippen molar-refractivity contribution in [1.29, 1.82) is 0 Å². The van der Waals surface area contributed by atoms with Gasteiger partial charge in [0.2, 0.25) is 0 Å². The first kappa shape index (κ1) is 25.4. The third-order valence-electron chi connectivity index (χ3n) is 6.97. The number of hydrogen-bond acceptors (Lipinski definition) is 7. The van der Waals surface area contributed by atoms with Crippen LogP contribution in [-0.4, -0.2) is 56.7 Å². The van der Waals surface area contributed by atoms with Gasteiger partial charge in [-0.1, -0.05) is 37.0 Å². The summed E-state index contributed by atoms with van der Waals surface area (Å²) in [4.78, 5) is 38.3. The Kier molecular flexibility index (Phi) is 7.04. The van der Waals surface area contributed by atoms with E-state index in [1.54, 1.807) is 29.3 Å². The number of benzene rings is 1. The lowest BCUT2D eigenvalue weighted by molar-refractivity contribution is -0.123. The molecular formula is C27H28FN5O2S2. The van der Waals surface area contributed by atoms with Crippen molar-refractivity contribution in [3.63, 3.8) is 0 Å². The maximum Gasteiger partial charge on any atom is 0.267 e. The maximum absolute atomic E-state index is 13.7. The minimum Gasteiger partial charge on any atom is -0.368 e. The lowest BCUT2D eigenvalue weighted by atomic mass is 10.2. The van der Waals surface area contributed by atoms with Gasteiger partial charge in [-0.05, 0) is 62.2 Å². The molecule has 0 saturated carbocycles. The van der Waals surface area contributed by atoms with E-state index in [0.29, 0.717) is 52.4 Å². The molecule has 0 aliphatic carbocycles. The predicted molar refractivity (Wildman–Crippen MR) is 152 cm³/mol. The van der Waals surface area contributed by atoms with Crippen molar-refractivity contribution in [2.24, 2.45) is 0 Å². The zero-order chi connectivity index (χ0) is 26.3. The number of amides is 1. The quantitative estimate of drug-likeness (QED) is 0.352. The van der Waals surface area contributed by atoms with Crippen LogP contribution in [0, 0.1) is 12.7 Å². The fourth-order valence-electron chi connectivity index (χ4n) is 4.67. The molecule has 0 bridgehead atoms. The van der Waals surface area contributed by atoms with Gasteiger partial charge in [0.25, 0.3) is 11.5 Å². The number of aryl methyl sites for hydroxylation is 1. The fraction of sp³-hybridized carbons (Fsp3) is 0.333. The van der Waals surface area contributed by atoms with Crippen LogP contribution in [0.4, 0.5) is 15.9 Å². The van der Waals surface area contributed by atoms with Crippen LogP contribution in [0.15, 0.2) is 52.3 Å². The summed E-state index contributed by atoms with van der Waals surface area (Å²) in [5, 5.41) is 0. The second-order valence-corrected chi connectivity index (χ2v) is 11.0. The molecule has 2 aliphatic rings. The van der Waals surface area contributed by atoms with Crippen molar-refractivity contribution in [2.45, 2.75) is 33.2 Å². The van der Waals surface area contributed by atoms with Crippen LogP contribution in [0.25, 0.3) is 11.7 Å². The van der Waals surface area contributed by atoms with Crippen LogP contribution >= 0.6 is 24.0 Å². The van der Waals surface area contributed by atoms with Gasteiger partial charge in [0, 0.05) is 44.1 Å². The Hall–Kier alpha value is -3.24. The van der Waals surface area contributed by atoms with E-state index in [0.717, 1.165) is 17.7 Å². The first-order valence-corrected chi connectivity index (χ1v) is 13.6. The molecule has 0 spiro atoms. The number of anilines is 2. The van der Waals surface area contributed by atoms with Gasteiger partial charge in [0.15, 0.2) is 0 Å². The molecule has 2 aromatic heterocycles. The average molecular weight is 538 g/mol.